The minimum Gasteiger partial charge on any atom is -0.469 e. The summed E-state index contributed by atoms with van der Waals surface area (Å²) in [4.78, 5) is 23.7. The third-order valence-corrected chi connectivity index (χ3v) is 2.64. The highest BCUT2D eigenvalue weighted by atomic mass is 19.1. The van der Waals surface area contributed by atoms with Crippen molar-refractivity contribution in [1.82, 2.24) is 0 Å². The number of benzene rings is 1. The Labute approximate surface area is 105 Å². The topological polar surface area (TPSA) is 46.6 Å². The molecule has 0 amide bonds. The summed E-state index contributed by atoms with van der Waals surface area (Å²) in [6, 6.07) is 4.30. The molecule has 98 valence electrons. The van der Waals surface area contributed by atoms with Crippen molar-refractivity contribution in [2.45, 2.75) is 13.3 Å². The van der Waals surface area contributed by atoms with Crippen LogP contribution in [0.25, 0.3) is 0 Å². The van der Waals surface area contributed by atoms with Crippen LogP contribution in [0, 0.1) is 5.82 Å². The Balaban J connectivity index is 2.77. The van der Waals surface area contributed by atoms with Crippen LogP contribution in [0.15, 0.2) is 18.2 Å². The number of rotatable bonds is 5. The minimum atomic E-state index is -0.477. The molecule has 0 N–H and O–H groups in total. The first-order valence-corrected chi connectivity index (χ1v) is 5.54. The second-order valence-corrected chi connectivity index (χ2v) is 3.97. The Morgan fingerprint density at radius 1 is 1.39 bits per heavy atom. The van der Waals surface area contributed by atoms with E-state index in [4.69, 9.17) is 0 Å². The van der Waals surface area contributed by atoms with Gasteiger partial charge in [0.15, 0.2) is 5.78 Å². The van der Waals surface area contributed by atoms with Crippen LogP contribution in [-0.4, -0.2) is 32.5 Å². The van der Waals surface area contributed by atoms with E-state index in [1.165, 1.54) is 26.2 Å². The van der Waals surface area contributed by atoms with Gasteiger partial charge in [-0.25, -0.2) is 4.39 Å². The van der Waals surface area contributed by atoms with Crippen molar-refractivity contribution >= 4 is 17.4 Å². The molecule has 5 heteroatoms. The molecular formula is C13H16FNO3. The van der Waals surface area contributed by atoms with Gasteiger partial charge >= 0.3 is 5.97 Å². The quantitative estimate of drug-likeness (QED) is 0.595. The monoisotopic (exact) mass is 253 g/mol. The molecule has 0 saturated carbocycles. The van der Waals surface area contributed by atoms with Crippen LogP contribution in [0.2, 0.25) is 0 Å². The van der Waals surface area contributed by atoms with Gasteiger partial charge in [-0.05, 0) is 25.1 Å². The summed E-state index contributed by atoms with van der Waals surface area (Å²) >= 11 is 0. The van der Waals surface area contributed by atoms with Crippen LogP contribution < -0.4 is 4.90 Å². The maximum absolute atomic E-state index is 13.8. The maximum Gasteiger partial charge on any atom is 0.307 e. The fourth-order valence-corrected chi connectivity index (χ4v) is 1.52. The molecule has 1 aromatic carbocycles. The number of hydrogen-bond donors (Lipinski definition) is 0. The molecule has 0 bridgehead atoms. The van der Waals surface area contributed by atoms with Crippen LogP contribution in [0.5, 0.6) is 0 Å². The van der Waals surface area contributed by atoms with E-state index in [0.717, 1.165) is 0 Å². The molecule has 0 atom stereocenters. The normalized spacial score (nSPS) is 10.0. The first-order valence-electron chi connectivity index (χ1n) is 5.54. The molecule has 0 radical (unpaired) electrons. The van der Waals surface area contributed by atoms with Crippen LogP contribution >= 0.6 is 0 Å². The van der Waals surface area contributed by atoms with Crippen LogP contribution in [0.1, 0.15) is 23.7 Å². The Bertz CT molecular complexity index is 460. The number of esters is 1. The van der Waals surface area contributed by atoms with Gasteiger partial charge in [-0.3, -0.25) is 9.59 Å². The lowest BCUT2D eigenvalue weighted by Gasteiger charge is -2.19. The molecule has 0 saturated heterocycles. The lowest BCUT2D eigenvalue weighted by molar-refractivity contribution is -0.140. The molecule has 18 heavy (non-hydrogen) atoms. The predicted octanol–water partition coefficient (Wildman–Crippen LogP) is 2.03. The van der Waals surface area contributed by atoms with Crippen molar-refractivity contribution in [3.8, 4) is 0 Å². The van der Waals surface area contributed by atoms with E-state index in [2.05, 4.69) is 4.74 Å². The molecule has 0 aliphatic heterocycles. The highest BCUT2D eigenvalue weighted by Crippen LogP contribution is 2.19. The van der Waals surface area contributed by atoms with Gasteiger partial charge in [0.1, 0.15) is 5.82 Å². The van der Waals surface area contributed by atoms with E-state index in [0.29, 0.717) is 17.8 Å². The van der Waals surface area contributed by atoms with E-state index < -0.39 is 5.82 Å². The number of Topliss-reactive ketones (excluding diaryl/α,β-unsaturated/α-hetero) is 1. The molecule has 0 aliphatic carbocycles. The van der Waals surface area contributed by atoms with E-state index in [1.807, 2.05) is 0 Å². The number of hydrogen-bond acceptors (Lipinski definition) is 4. The first kappa shape index (κ1) is 14.2. The number of halogens is 1. The van der Waals surface area contributed by atoms with Crippen molar-refractivity contribution in [1.29, 1.82) is 0 Å². The highest BCUT2D eigenvalue weighted by molar-refractivity contribution is 5.94. The van der Waals surface area contributed by atoms with E-state index in [-0.39, 0.29) is 18.2 Å². The fraction of sp³-hybridized carbons (Fsp3) is 0.385. The summed E-state index contributed by atoms with van der Waals surface area (Å²) in [6.07, 6.45) is 0.181. The number of carbonyl (C=O) groups is 2. The lowest BCUT2D eigenvalue weighted by Crippen LogP contribution is -2.22. The Kier molecular flexibility index (Phi) is 4.83. The largest absolute Gasteiger partial charge is 0.469 e. The van der Waals surface area contributed by atoms with Gasteiger partial charge in [-0.1, -0.05) is 0 Å². The van der Waals surface area contributed by atoms with E-state index >= 15 is 0 Å². The maximum atomic E-state index is 13.8. The summed E-state index contributed by atoms with van der Waals surface area (Å²) in [7, 11) is 2.99. The molecule has 0 aromatic heterocycles. The van der Waals surface area contributed by atoms with Gasteiger partial charge < -0.3 is 9.64 Å². The fourth-order valence-electron chi connectivity index (χ4n) is 1.52. The highest BCUT2D eigenvalue weighted by Gasteiger charge is 2.11. The Morgan fingerprint density at radius 2 is 2.06 bits per heavy atom. The van der Waals surface area contributed by atoms with E-state index in [1.54, 1.807) is 18.0 Å². The minimum absolute atomic E-state index is 0.181. The Hall–Kier alpha value is -1.91. The number of anilines is 1. The smallest absolute Gasteiger partial charge is 0.307 e. The Morgan fingerprint density at radius 3 is 2.56 bits per heavy atom. The zero-order valence-corrected chi connectivity index (χ0v) is 10.7. The van der Waals surface area contributed by atoms with Crippen molar-refractivity contribution in [2.24, 2.45) is 0 Å². The zero-order chi connectivity index (χ0) is 13.7. The summed E-state index contributed by atoms with van der Waals surface area (Å²) in [5.41, 5.74) is 0.682. The molecule has 1 rings (SSSR count). The number of ketones is 1. The van der Waals surface area contributed by atoms with Gasteiger partial charge in [0.05, 0.1) is 19.2 Å². The molecule has 0 spiro atoms. The summed E-state index contributed by atoms with van der Waals surface area (Å²) in [5.74, 6) is -1.00. The average molecular weight is 253 g/mol. The molecule has 1 aromatic rings. The van der Waals surface area contributed by atoms with Crippen molar-refractivity contribution in [2.75, 3.05) is 25.6 Å². The third kappa shape index (κ3) is 3.55. The van der Waals surface area contributed by atoms with Crippen LogP contribution in [-0.2, 0) is 9.53 Å². The van der Waals surface area contributed by atoms with Gasteiger partial charge in [-0.2, -0.15) is 0 Å². The lowest BCUT2D eigenvalue weighted by atomic mass is 10.1. The zero-order valence-electron chi connectivity index (χ0n) is 10.7. The summed E-state index contributed by atoms with van der Waals surface area (Å²) in [6.45, 7) is 1.73. The SMILES string of the molecule is COC(=O)CCN(C)c1ccc(C(C)=O)cc1F. The molecule has 0 aliphatic rings. The van der Waals surface area contributed by atoms with Crippen LogP contribution in [0.4, 0.5) is 10.1 Å². The number of nitrogens with zero attached hydrogens (tertiary/aromatic N) is 1. The summed E-state index contributed by atoms with van der Waals surface area (Å²) in [5, 5.41) is 0. The second-order valence-electron chi connectivity index (χ2n) is 3.97. The second kappa shape index (κ2) is 6.14. The van der Waals surface area contributed by atoms with Gasteiger partial charge in [-0.15, -0.1) is 0 Å². The molecule has 4 nitrogen and oxygen atoms in total. The van der Waals surface area contributed by atoms with E-state index in [9.17, 15) is 14.0 Å². The standard InChI is InChI=1S/C13H16FNO3/c1-9(16)10-4-5-12(11(14)8-10)15(2)7-6-13(17)18-3/h4-5,8H,6-7H2,1-3H3. The van der Waals surface area contributed by atoms with Crippen molar-refractivity contribution in [3.63, 3.8) is 0 Å². The first-order chi connectivity index (χ1) is 8.45. The third-order valence-electron chi connectivity index (χ3n) is 2.64. The number of ether oxygens (including phenoxy) is 1. The van der Waals surface area contributed by atoms with Gasteiger partial charge in [0.25, 0.3) is 0 Å². The predicted molar refractivity (Wildman–Crippen MR) is 66.3 cm³/mol. The average Bonchev–Trinajstić information content (AvgIpc) is 2.35. The number of carbonyl (C=O) groups excluding carboxylic acids is 2. The van der Waals surface area contributed by atoms with Gasteiger partial charge in [0.2, 0.25) is 0 Å². The van der Waals surface area contributed by atoms with Crippen LogP contribution in [0.3, 0.4) is 0 Å². The summed E-state index contributed by atoms with van der Waals surface area (Å²) < 4.78 is 18.3. The molecular weight excluding hydrogens is 237 g/mol. The molecule has 0 fully saturated rings. The van der Waals surface area contributed by atoms with Gasteiger partial charge in [0, 0.05) is 19.2 Å². The molecule has 0 unspecified atom stereocenters. The molecule has 0 heterocycles. The van der Waals surface area contributed by atoms with Crippen molar-refractivity contribution < 1.29 is 18.7 Å². The van der Waals surface area contributed by atoms with Crippen molar-refractivity contribution in [3.05, 3.63) is 29.6 Å². The number of methoxy groups -OCH3 is 1.